The van der Waals surface area contributed by atoms with Gasteiger partial charge in [-0.1, -0.05) is 11.3 Å². The summed E-state index contributed by atoms with van der Waals surface area (Å²) in [5.41, 5.74) is 5.86. The highest BCUT2D eigenvalue weighted by atomic mass is 32.1. The van der Waals surface area contributed by atoms with Gasteiger partial charge < -0.3 is 26.4 Å². The van der Waals surface area contributed by atoms with Crippen molar-refractivity contribution in [3.8, 4) is 0 Å². The van der Waals surface area contributed by atoms with Crippen molar-refractivity contribution in [2.75, 3.05) is 50.0 Å². The molecule has 2 heterocycles. The lowest BCUT2D eigenvalue weighted by atomic mass is 10.2. The quantitative estimate of drug-likeness (QED) is 0.530. The molecule has 1 aliphatic rings. The van der Waals surface area contributed by atoms with E-state index in [1.54, 1.807) is 0 Å². The first kappa shape index (κ1) is 16.0. The summed E-state index contributed by atoms with van der Waals surface area (Å²) in [5, 5.41) is 15.6. The van der Waals surface area contributed by atoms with E-state index in [0.717, 1.165) is 50.6 Å². The molecule has 7 nitrogen and oxygen atoms in total. The lowest BCUT2D eigenvalue weighted by Crippen LogP contribution is -2.43. The van der Waals surface area contributed by atoms with Gasteiger partial charge in [0.05, 0.1) is 0 Å². The predicted molar refractivity (Wildman–Crippen MR) is 84.9 cm³/mol. The van der Waals surface area contributed by atoms with E-state index < -0.39 is 0 Å². The largest absolute Gasteiger partial charge is 0.396 e. The molecule has 1 fully saturated rings. The van der Waals surface area contributed by atoms with Crippen LogP contribution in [0.4, 0.5) is 10.9 Å². The van der Waals surface area contributed by atoms with Crippen molar-refractivity contribution in [3.63, 3.8) is 0 Å². The van der Waals surface area contributed by atoms with Gasteiger partial charge in [-0.3, -0.25) is 4.79 Å². The fourth-order valence-electron chi connectivity index (χ4n) is 2.17. The molecule has 0 atom stereocenters. The maximum Gasteiger partial charge on any atom is 0.265 e. The molecule has 0 radical (unpaired) electrons. The van der Waals surface area contributed by atoms with Crippen LogP contribution in [0.25, 0.3) is 0 Å². The van der Waals surface area contributed by atoms with Crippen LogP contribution in [0.2, 0.25) is 0 Å². The lowest BCUT2D eigenvalue weighted by Gasteiger charge is -2.26. The van der Waals surface area contributed by atoms with E-state index in [9.17, 15) is 4.79 Å². The number of thiazole rings is 1. The number of hydrogen-bond donors (Lipinski definition) is 4. The summed E-state index contributed by atoms with van der Waals surface area (Å²) in [7, 11) is 0. The summed E-state index contributed by atoms with van der Waals surface area (Å²) >= 11 is 1.35. The average Bonchev–Trinajstić information content (AvgIpc) is 2.90. The van der Waals surface area contributed by atoms with Crippen LogP contribution in [-0.2, 0) is 0 Å². The van der Waals surface area contributed by atoms with E-state index in [0.29, 0.717) is 17.2 Å². The summed E-state index contributed by atoms with van der Waals surface area (Å²) < 4.78 is 0. The minimum Gasteiger partial charge on any atom is -0.396 e. The second kappa shape index (κ2) is 8.16. The Hall–Kier alpha value is -1.38. The normalized spacial score (nSPS) is 15.2. The van der Waals surface area contributed by atoms with E-state index in [2.05, 4.69) is 20.5 Å². The molecular formula is C13H23N5O2S. The maximum atomic E-state index is 12.1. The van der Waals surface area contributed by atoms with Crippen molar-refractivity contribution in [1.29, 1.82) is 0 Å². The zero-order valence-electron chi connectivity index (χ0n) is 12.1. The Balaban J connectivity index is 1.87. The van der Waals surface area contributed by atoms with E-state index in [-0.39, 0.29) is 12.5 Å². The molecule has 0 spiro atoms. The number of aromatic nitrogens is 1. The van der Waals surface area contributed by atoms with Gasteiger partial charge in [-0.2, -0.15) is 0 Å². The molecule has 118 valence electrons. The highest BCUT2D eigenvalue weighted by Crippen LogP contribution is 2.28. The summed E-state index contributed by atoms with van der Waals surface area (Å²) in [6.45, 7) is 4.41. The SMILES string of the molecule is Nc1nc(N2CCNCC2)sc1C(=O)NCCCCCO. The number of carbonyl (C=O) groups excluding carboxylic acids is 1. The number of rotatable bonds is 7. The van der Waals surface area contributed by atoms with E-state index >= 15 is 0 Å². The first-order valence-electron chi connectivity index (χ1n) is 7.33. The van der Waals surface area contributed by atoms with Gasteiger partial charge in [0, 0.05) is 39.3 Å². The second-order valence-corrected chi connectivity index (χ2v) is 5.97. The Morgan fingerprint density at radius 3 is 2.86 bits per heavy atom. The Labute approximate surface area is 128 Å². The van der Waals surface area contributed by atoms with Crippen molar-refractivity contribution in [3.05, 3.63) is 4.88 Å². The minimum absolute atomic E-state index is 0.157. The molecule has 0 saturated carbocycles. The number of nitrogens with two attached hydrogens (primary N) is 1. The fraction of sp³-hybridized carbons (Fsp3) is 0.692. The van der Waals surface area contributed by atoms with Gasteiger partial charge in [-0.25, -0.2) is 4.98 Å². The number of amides is 1. The second-order valence-electron chi connectivity index (χ2n) is 4.99. The molecule has 0 bridgehead atoms. The third kappa shape index (κ3) is 4.55. The Morgan fingerprint density at radius 1 is 1.38 bits per heavy atom. The number of aliphatic hydroxyl groups excluding tert-OH is 1. The monoisotopic (exact) mass is 313 g/mol. The lowest BCUT2D eigenvalue weighted by molar-refractivity contribution is 0.0957. The number of nitrogens with one attached hydrogen (secondary N) is 2. The third-order valence-electron chi connectivity index (χ3n) is 3.36. The van der Waals surface area contributed by atoms with Crippen molar-refractivity contribution in [1.82, 2.24) is 15.6 Å². The highest BCUT2D eigenvalue weighted by Gasteiger charge is 2.20. The molecule has 0 aromatic carbocycles. The molecular weight excluding hydrogens is 290 g/mol. The topological polar surface area (TPSA) is 104 Å². The molecule has 1 amide bonds. The van der Waals surface area contributed by atoms with Crippen molar-refractivity contribution in [2.45, 2.75) is 19.3 Å². The van der Waals surface area contributed by atoms with Crippen LogP contribution in [0.3, 0.4) is 0 Å². The summed E-state index contributed by atoms with van der Waals surface area (Å²) in [5.74, 6) is 0.150. The number of unbranched alkanes of at least 4 members (excludes halogenated alkanes) is 2. The minimum atomic E-state index is -0.157. The molecule has 1 saturated heterocycles. The number of piperazine rings is 1. The van der Waals surface area contributed by atoms with Crippen LogP contribution in [0.15, 0.2) is 0 Å². The molecule has 0 unspecified atom stereocenters. The summed E-state index contributed by atoms with van der Waals surface area (Å²) in [6.07, 6.45) is 2.53. The van der Waals surface area contributed by atoms with Crippen LogP contribution in [0.5, 0.6) is 0 Å². The molecule has 21 heavy (non-hydrogen) atoms. The van der Waals surface area contributed by atoms with Crippen LogP contribution in [0.1, 0.15) is 28.9 Å². The maximum absolute atomic E-state index is 12.1. The van der Waals surface area contributed by atoms with Crippen molar-refractivity contribution in [2.24, 2.45) is 0 Å². The number of hydrogen-bond acceptors (Lipinski definition) is 7. The number of nitrogens with zero attached hydrogens (tertiary/aromatic N) is 2. The molecule has 1 aromatic heterocycles. The van der Waals surface area contributed by atoms with Gasteiger partial charge in [0.15, 0.2) is 5.13 Å². The van der Waals surface area contributed by atoms with Gasteiger partial charge in [-0.05, 0) is 19.3 Å². The van der Waals surface area contributed by atoms with Gasteiger partial charge in [0.25, 0.3) is 5.91 Å². The molecule has 8 heteroatoms. The van der Waals surface area contributed by atoms with Crippen LogP contribution in [-0.4, -0.2) is 55.3 Å². The first-order chi connectivity index (χ1) is 10.2. The number of anilines is 2. The fourth-order valence-corrected chi connectivity index (χ4v) is 3.12. The van der Waals surface area contributed by atoms with E-state index in [4.69, 9.17) is 10.8 Å². The summed E-state index contributed by atoms with van der Waals surface area (Å²) in [6, 6.07) is 0. The van der Waals surface area contributed by atoms with Crippen LogP contribution >= 0.6 is 11.3 Å². The highest BCUT2D eigenvalue weighted by molar-refractivity contribution is 7.18. The molecule has 0 aliphatic carbocycles. The zero-order valence-corrected chi connectivity index (χ0v) is 12.9. The van der Waals surface area contributed by atoms with Gasteiger partial charge in [0.1, 0.15) is 10.7 Å². The first-order valence-corrected chi connectivity index (χ1v) is 8.15. The predicted octanol–water partition coefficient (Wildman–Crippen LogP) is 0.0273. The standard InChI is InChI=1S/C13H23N5O2S/c14-11-10(12(20)16-4-2-1-3-9-19)21-13(17-11)18-7-5-15-6-8-18/h15,19H,1-9,14H2,(H,16,20). The number of nitrogen functional groups attached to an aromatic ring is 1. The zero-order chi connectivity index (χ0) is 15.1. The Kier molecular flexibility index (Phi) is 6.21. The Bertz CT molecular complexity index is 459. The molecule has 2 rings (SSSR count). The van der Waals surface area contributed by atoms with E-state index in [1.807, 2.05) is 0 Å². The van der Waals surface area contributed by atoms with Crippen LogP contribution < -0.4 is 21.3 Å². The summed E-state index contributed by atoms with van der Waals surface area (Å²) in [4.78, 5) is 19.0. The average molecular weight is 313 g/mol. The molecule has 5 N–H and O–H groups in total. The third-order valence-corrected chi connectivity index (χ3v) is 4.49. The number of aliphatic hydroxyl groups is 1. The smallest absolute Gasteiger partial charge is 0.265 e. The molecule has 1 aromatic rings. The van der Waals surface area contributed by atoms with Crippen LogP contribution in [0, 0.1) is 0 Å². The van der Waals surface area contributed by atoms with Gasteiger partial charge in [-0.15, -0.1) is 0 Å². The van der Waals surface area contributed by atoms with Gasteiger partial charge in [0.2, 0.25) is 0 Å². The van der Waals surface area contributed by atoms with E-state index in [1.165, 1.54) is 11.3 Å². The molecule has 1 aliphatic heterocycles. The van der Waals surface area contributed by atoms with Crippen molar-refractivity contribution >= 4 is 28.2 Å². The Morgan fingerprint density at radius 2 is 2.14 bits per heavy atom. The number of carbonyl (C=O) groups is 1. The van der Waals surface area contributed by atoms with Gasteiger partial charge >= 0.3 is 0 Å². The van der Waals surface area contributed by atoms with Crippen molar-refractivity contribution < 1.29 is 9.90 Å².